The van der Waals surface area contributed by atoms with Gasteiger partial charge >= 0.3 is 0 Å². The molecule has 3 aliphatic rings. The molecule has 0 spiro atoms. The number of piperidine rings is 1. The lowest BCUT2D eigenvalue weighted by molar-refractivity contribution is -0.148. The number of ether oxygens (including phenoxy) is 1. The molecule has 4 nitrogen and oxygen atoms in total. The van der Waals surface area contributed by atoms with Crippen LogP contribution in [0.25, 0.3) is 0 Å². The Morgan fingerprint density at radius 3 is 2.80 bits per heavy atom. The maximum absolute atomic E-state index is 12.0. The first-order chi connectivity index (χ1) is 7.34. The SMILES string of the molecule is O=C(CC1CCOC1)N1C2CNCC1C2. The summed E-state index contributed by atoms with van der Waals surface area (Å²) in [6.07, 6.45) is 2.97. The van der Waals surface area contributed by atoms with Crippen molar-refractivity contribution in [2.75, 3.05) is 26.3 Å². The summed E-state index contributed by atoms with van der Waals surface area (Å²) in [5, 5.41) is 3.34. The van der Waals surface area contributed by atoms with Gasteiger partial charge in [-0.15, -0.1) is 0 Å². The van der Waals surface area contributed by atoms with Crippen molar-refractivity contribution in [3.63, 3.8) is 0 Å². The molecule has 3 aliphatic heterocycles. The number of nitrogens with zero attached hydrogens (tertiary/aromatic N) is 1. The maximum Gasteiger partial charge on any atom is 0.223 e. The van der Waals surface area contributed by atoms with Gasteiger partial charge in [-0.25, -0.2) is 0 Å². The Hall–Kier alpha value is -0.610. The second-order valence-corrected chi connectivity index (χ2v) is 4.94. The molecular formula is C11H18N2O2. The van der Waals surface area contributed by atoms with Crippen LogP contribution in [0.1, 0.15) is 19.3 Å². The molecule has 3 fully saturated rings. The molecule has 1 amide bonds. The summed E-state index contributed by atoms with van der Waals surface area (Å²) < 4.78 is 5.30. The smallest absolute Gasteiger partial charge is 0.223 e. The Morgan fingerprint density at radius 1 is 1.40 bits per heavy atom. The van der Waals surface area contributed by atoms with Crippen LogP contribution in [0.15, 0.2) is 0 Å². The number of hydrogen-bond donors (Lipinski definition) is 1. The van der Waals surface area contributed by atoms with Gasteiger partial charge < -0.3 is 15.0 Å². The zero-order chi connectivity index (χ0) is 10.3. The highest BCUT2D eigenvalue weighted by Gasteiger charge is 2.44. The molecule has 84 valence electrons. The van der Waals surface area contributed by atoms with Gasteiger partial charge in [0, 0.05) is 44.8 Å². The largest absolute Gasteiger partial charge is 0.381 e. The fraction of sp³-hybridized carbons (Fsp3) is 0.909. The van der Waals surface area contributed by atoms with Gasteiger partial charge in [-0.2, -0.15) is 0 Å². The van der Waals surface area contributed by atoms with Crippen molar-refractivity contribution >= 4 is 5.91 Å². The fourth-order valence-electron chi connectivity index (χ4n) is 2.99. The van der Waals surface area contributed by atoms with E-state index in [1.54, 1.807) is 0 Å². The lowest BCUT2D eigenvalue weighted by Crippen LogP contribution is -2.69. The van der Waals surface area contributed by atoms with Crippen LogP contribution in [0.2, 0.25) is 0 Å². The van der Waals surface area contributed by atoms with Crippen molar-refractivity contribution in [2.45, 2.75) is 31.3 Å². The quantitative estimate of drug-likeness (QED) is 0.697. The number of hydrogen-bond acceptors (Lipinski definition) is 3. The molecule has 2 bridgehead atoms. The molecule has 0 radical (unpaired) electrons. The van der Waals surface area contributed by atoms with E-state index in [0.717, 1.165) is 32.7 Å². The van der Waals surface area contributed by atoms with Gasteiger partial charge in [0.1, 0.15) is 0 Å². The summed E-state index contributed by atoms with van der Waals surface area (Å²) in [4.78, 5) is 14.1. The standard InChI is InChI=1S/C11H18N2O2/c14-11(3-8-1-2-15-7-8)13-9-4-10(13)6-12-5-9/h8-10,12H,1-7H2. The lowest BCUT2D eigenvalue weighted by Gasteiger charge is -2.53. The van der Waals surface area contributed by atoms with Crippen LogP contribution in [-0.2, 0) is 9.53 Å². The lowest BCUT2D eigenvalue weighted by atomic mass is 9.87. The maximum atomic E-state index is 12.0. The van der Waals surface area contributed by atoms with Gasteiger partial charge in [-0.3, -0.25) is 4.79 Å². The van der Waals surface area contributed by atoms with E-state index < -0.39 is 0 Å². The summed E-state index contributed by atoms with van der Waals surface area (Å²) in [6.45, 7) is 3.60. The third kappa shape index (κ3) is 1.66. The van der Waals surface area contributed by atoms with E-state index in [9.17, 15) is 4.79 Å². The van der Waals surface area contributed by atoms with E-state index in [-0.39, 0.29) is 0 Å². The highest BCUT2D eigenvalue weighted by molar-refractivity contribution is 5.78. The number of carbonyl (C=O) groups excluding carboxylic acids is 1. The van der Waals surface area contributed by atoms with Crippen LogP contribution in [0, 0.1) is 5.92 Å². The normalized spacial score (nSPS) is 38.9. The van der Waals surface area contributed by atoms with Crippen molar-refractivity contribution in [3.05, 3.63) is 0 Å². The van der Waals surface area contributed by atoms with Gasteiger partial charge in [0.25, 0.3) is 0 Å². The van der Waals surface area contributed by atoms with Gasteiger partial charge in [-0.05, 0) is 18.8 Å². The topological polar surface area (TPSA) is 41.6 Å². The zero-order valence-electron chi connectivity index (χ0n) is 8.95. The summed E-state index contributed by atoms with van der Waals surface area (Å²) >= 11 is 0. The van der Waals surface area contributed by atoms with Crippen molar-refractivity contribution < 1.29 is 9.53 Å². The summed E-state index contributed by atoms with van der Waals surface area (Å²) in [5.41, 5.74) is 0. The number of rotatable bonds is 2. The molecule has 0 saturated carbocycles. The number of carbonyl (C=O) groups is 1. The second kappa shape index (κ2) is 3.76. The van der Waals surface area contributed by atoms with Crippen LogP contribution in [0.4, 0.5) is 0 Å². The molecule has 15 heavy (non-hydrogen) atoms. The molecule has 1 N–H and O–H groups in total. The molecular weight excluding hydrogens is 192 g/mol. The molecule has 3 rings (SSSR count). The average Bonchev–Trinajstić information content (AvgIpc) is 2.71. The molecule has 3 atom stereocenters. The first-order valence-electron chi connectivity index (χ1n) is 5.94. The van der Waals surface area contributed by atoms with E-state index in [4.69, 9.17) is 4.74 Å². The predicted octanol–water partition coefficient (Wildman–Crippen LogP) is -0.0143. The van der Waals surface area contributed by atoms with Crippen molar-refractivity contribution in [3.8, 4) is 0 Å². The molecule has 0 aliphatic carbocycles. The molecule has 3 heterocycles. The summed E-state index contributed by atoms with van der Waals surface area (Å²) in [5.74, 6) is 0.833. The van der Waals surface area contributed by atoms with E-state index in [2.05, 4.69) is 10.2 Å². The first kappa shape index (κ1) is 9.60. The number of piperazine rings is 1. The molecule has 0 aromatic heterocycles. The average molecular weight is 210 g/mol. The van der Waals surface area contributed by atoms with Gasteiger partial charge in [0.2, 0.25) is 5.91 Å². The Labute approximate surface area is 90.0 Å². The number of nitrogens with one attached hydrogen (secondary N) is 1. The zero-order valence-corrected chi connectivity index (χ0v) is 8.95. The van der Waals surface area contributed by atoms with Gasteiger partial charge in [0.05, 0.1) is 0 Å². The van der Waals surface area contributed by atoms with Gasteiger partial charge in [-0.1, -0.05) is 0 Å². The van der Waals surface area contributed by atoms with Gasteiger partial charge in [0.15, 0.2) is 0 Å². The fourth-order valence-corrected chi connectivity index (χ4v) is 2.99. The predicted molar refractivity (Wildman–Crippen MR) is 55.5 cm³/mol. The summed E-state index contributed by atoms with van der Waals surface area (Å²) in [6, 6.07) is 0.970. The van der Waals surface area contributed by atoms with E-state index >= 15 is 0 Å². The molecule has 0 aromatic carbocycles. The van der Waals surface area contributed by atoms with E-state index in [1.807, 2.05) is 0 Å². The highest BCUT2D eigenvalue weighted by Crippen LogP contribution is 2.30. The Kier molecular flexibility index (Phi) is 2.41. The van der Waals surface area contributed by atoms with Crippen molar-refractivity contribution in [1.82, 2.24) is 10.2 Å². The molecule has 4 heteroatoms. The Morgan fingerprint density at radius 2 is 2.20 bits per heavy atom. The highest BCUT2D eigenvalue weighted by atomic mass is 16.5. The summed E-state index contributed by atoms with van der Waals surface area (Å²) in [7, 11) is 0. The van der Waals surface area contributed by atoms with Crippen molar-refractivity contribution in [2.24, 2.45) is 5.92 Å². The minimum Gasteiger partial charge on any atom is -0.381 e. The second-order valence-electron chi connectivity index (χ2n) is 4.94. The van der Waals surface area contributed by atoms with Crippen LogP contribution >= 0.6 is 0 Å². The molecule has 3 unspecified atom stereocenters. The first-order valence-corrected chi connectivity index (χ1v) is 5.94. The van der Waals surface area contributed by atoms with Crippen LogP contribution in [-0.4, -0.2) is 49.2 Å². The monoisotopic (exact) mass is 210 g/mol. The number of fused-ring (bicyclic) bond motifs is 2. The molecule has 0 aromatic rings. The third-order valence-electron chi connectivity index (χ3n) is 3.87. The minimum absolute atomic E-state index is 0.355. The van der Waals surface area contributed by atoms with Crippen LogP contribution < -0.4 is 5.32 Å². The number of amides is 1. The van der Waals surface area contributed by atoms with Crippen LogP contribution in [0.3, 0.4) is 0 Å². The van der Waals surface area contributed by atoms with Crippen molar-refractivity contribution in [1.29, 1.82) is 0 Å². The minimum atomic E-state index is 0.355. The third-order valence-corrected chi connectivity index (χ3v) is 3.87. The Bertz CT molecular complexity index is 249. The van der Waals surface area contributed by atoms with E-state index in [1.165, 1.54) is 6.42 Å². The Balaban J connectivity index is 1.55. The van der Waals surface area contributed by atoms with Crippen LogP contribution in [0.5, 0.6) is 0 Å². The van der Waals surface area contributed by atoms with E-state index in [0.29, 0.717) is 30.3 Å². The molecule has 3 saturated heterocycles.